The van der Waals surface area contributed by atoms with Gasteiger partial charge in [-0.3, -0.25) is 9.52 Å². The molecular formula is C14H21N3O3S. The first-order valence-electron chi connectivity index (χ1n) is 7.02. The molecule has 7 heteroatoms. The quantitative estimate of drug-likeness (QED) is 0.883. The molecule has 1 aromatic rings. The van der Waals surface area contributed by atoms with E-state index in [2.05, 4.69) is 10.0 Å². The lowest BCUT2D eigenvalue weighted by Gasteiger charge is -2.30. The molecule has 2 N–H and O–H groups in total. The van der Waals surface area contributed by atoms with Crippen molar-refractivity contribution in [1.29, 1.82) is 0 Å². The van der Waals surface area contributed by atoms with Crippen LogP contribution in [0.15, 0.2) is 24.3 Å². The maximum Gasteiger partial charge on any atom is 0.301 e. The number of nitrogens with one attached hydrogen (secondary N) is 2. The molecule has 21 heavy (non-hydrogen) atoms. The Labute approximate surface area is 125 Å². The zero-order valence-electron chi connectivity index (χ0n) is 12.3. The number of carbonyl (C=O) groups is 1. The summed E-state index contributed by atoms with van der Waals surface area (Å²) in [6.45, 7) is 3.12. The third kappa shape index (κ3) is 3.95. The van der Waals surface area contributed by atoms with Crippen LogP contribution in [0.1, 0.15) is 30.1 Å². The Bertz CT molecular complexity index is 616. The molecule has 6 nitrogen and oxygen atoms in total. The van der Waals surface area contributed by atoms with Crippen molar-refractivity contribution in [3.05, 3.63) is 29.8 Å². The summed E-state index contributed by atoms with van der Waals surface area (Å²) in [7, 11) is -2.03. The molecule has 1 aromatic carbocycles. The summed E-state index contributed by atoms with van der Waals surface area (Å²) < 4.78 is 28.7. The van der Waals surface area contributed by atoms with Crippen molar-refractivity contribution >= 4 is 21.8 Å². The molecule has 0 saturated carbocycles. The third-order valence-electron chi connectivity index (χ3n) is 3.56. The second-order valence-electron chi connectivity index (χ2n) is 5.37. The second kappa shape index (κ2) is 6.44. The Balaban J connectivity index is 2.14. The number of anilines is 1. The second-order valence-corrected chi connectivity index (χ2v) is 7.04. The number of hydrogen-bond acceptors (Lipinski definition) is 3. The van der Waals surface area contributed by atoms with E-state index in [4.69, 9.17) is 0 Å². The largest absolute Gasteiger partial charge is 0.355 e. The van der Waals surface area contributed by atoms with Gasteiger partial charge in [0.2, 0.25) is 0 Å². The van der Waals surface area contributed by atoms with Crippen LogP contribution in [0.5, 0.6) is 0 Å². The van der Waals surface area contributed by atoms with E-state index in [1.54, 1.807) is 18.2 Å². The van der Waals surface area contributed by atoms with Gasteiger partial charge in [-0.25, -0.2) is 0 Å². The third-order valence-corrected chi connectivity index (χ3v) is 5.06. The first-order valence-corrected chi connectivity index (χ1v) is 8.46. The molecule has 0 spiro atoms. The van der Waals surface area contributed by atoms with Gasteiger partial charge in [-0.1, -0.05) is 13.0 Å². The summed E-state index contributed by atoms with van der Waals surface area (Å²) in [5, 5.41) is 2.51. The van der Waals surface area contributed by atoms with Gasteiger partial charge in [0.05, 0.1) is 5.69 Å². The first kappa shape index (κ1) is 15.8. The summed E-state index contributed by atoms with van der Waals surface area (Å²) in [5.41, 5.74) is 0.819. The van der Waals surface area contributed by atoms with Crippen LogP contribution in [0.4, 0.5) is 5.69 Å². The van der Waals surface area contributed by atoms with Crippen molar-refractivity contribution in [1.82, 2.24) is 9.62 Å². The molecule has 1 aliphatic heterocycles. The van der Waals surface area contributed by atoms with Gasteiger partial charge in [-0.15, -0.1) is 0 Å². The molecular weight excluding hydrogens is 290 g/mol. The van der Waals surface area contributed by atoms with Crippen LogP contribution in [0.25, 0.3) is 0 Å². The molecule has 0 radical (unpaired) electrons. The normalized spacial score (nSPS) is 20.0. The van der Waals surface area contributed by atoms with E-state index in [-0.39, 0.29) is 5.91 Å². The fourth-order valence-corrected chi connectivity index (χ4v) is 3.82. The van der Waals surface area contributed by atoms with Crippen LogP contribution >= 0.6 is 0 Å². The average molecular weight is 311 g/mol. The number of hydrogen-bond donors (Lipinski definition) is 2. The Morgan fingerprint density at radius 1 is 1.38 bits per heavy atom. The van der Waals surface area contributed by atoms with Crippen molar-refractivity contribution in [2.45, 2.75) is 19.8 Å². The smallest absolute Gasteiger partial charge is 0.301 e. The van der Waals surface area contributed by atoms with Gasteiger partial charge in [0.25, 0.3) is 5.91 Å². The van der Waals surface area contributed by atoms with Crippen LogP contribution in [-0.2, 0) is 10.2 Å². The number of amides is 1. The predicted molar refractivity (Wildman–Crippen MR) is 82.3 cm³/mol. The van der Waals surface area contributed by atoms with Gasteiger partial charge in [0, 0.05) is 25.7 Å². The zero-order chi connectivity index (χ0) is 15.5. The molecule has 1 fully saturated rings. The fraction of sp³-hybridized carbons (Fsp3) is 0.500. The summed E-state index contributed by atoms with van der Waals surface area (Å²) in [4.78, 5) is 11.6. The van der Waals surface area contributed by atoms with E-state index in [1.165, 1.54) is 17.4 Å². The minimum absolute atomic E-state index is 0.248. The van der Waals surface area contributed by atoms with E-state index in [0.717, 1.165) is 12.8 Å². The molecule has 0 aliphatic carbocycles. The summed E-state index contributed by atoms with van der Waals surface area (Å²) in [6, 6.07) is 6.46. The van der Waals surface area contributed by atoms with Gasteiger partial charge in [-0.05, 0) is 37.0 Å². The molecule has 1 heterocycles. The Morgan fingerprint density at radius 3 is 2.81 bits per heavy atom. The average Bonchev–Trinajstić information content (AvgIpc) is 2.46. The van der Waals surface area contributed by atoms with Gasteiger partial charge < -0.3 is 5.32 Å². The maximum atomic E-state index is 12.4. The van der Waals surface area contributed by atoms with Gasteiger partial charge in [-0.2, -0.15) is 12.7 Å². The highest BCUT2D eigenvalue weighted by atomic mass is 32.2. The molecule has 0 unspecified atom stereocenters. The molecule has 2 rings (SSSR count). The van der Waals surface area contributed by atoms with Crippen molar-refractivity contribution in [3.8, 4) is 0 Å². The molecule has 1 saturated heterocycles. The number of piperidine rings is 1. The van der Waals surface area contributed by atoms with Crippen LogP contribution < -0.4 is 10.0 Å². The van der Waals surface area contributed by atoms with E-state index < -0.39 is 10.2 Å². The maximum absolute atomic E-state index is 12.4. The number of rotatable bonds is 4. The predicted octanol–water partition coefficient (Wildman–Crippen LogP) is 1.43. The van der Waals surface area contributed by atoms with Crippen molar-refractivity contribution in [2.24, 2.45) is 5.92 Å². The highest BCUT2D eigenvalue weighted by molar-refractivity contribution is 7.90. The topological polar surface area (TPSA) is 78.5 Å². The molecule has 0 aromatic heterocycles. The van der Waals surface area contributed by atoms with Crippen LogP contribution in [0, 0.1) is 5.92 Å². The van der Waals surface area contributed by atoms with Crippen LogP contribution in [0.3, 0.4) is 0 Å². The summed E-state index contributed by atoms with van der Waals surface area (Å²) >= 11 is 0. The lowest BCUT2D eigenvalue weighted by molar-refractivity contribution is 0.0963. The summed E-state index contributed by atoms with van der Waals surface area (Å²) in [6.07, 6.45) is 1.93. The van der Waals surface area contributed by atoms with Crippen molar-refractivity contribution in [2.75, 3.05) is 24.9 Å². The fourth-order valence-electron chi connectivity index (χ4n) is 2.45. The minimum atomic E-state index is -3.57. The SMILES string of the molecule is CNC(=O)c1cccc(NS(=O)(=O)N2CCC[C@H](C)C2)c1. The lowest BCUT2D eigenvalue weighted by Crippen LogP contribution is -2.42. The Morgan fingerprint density at radius 2 is 2.14 bits per heavy atom. The lowest BCUT2D eigenvalue weighted by atomic mass is 10.0. The molecule has 1 atom stereocenters. The van der Waals surface area contributed by atoms with Crippen molar-refractivity contribution in [3.63, 3.8) is 0 Å². The molecule has 1 aliphatic rings. The van der Waals surface area contributed by atoms with E-state index >= 15 is 0 Å². The molecule has 0 bridgehead atoms. The van der Waals surface area contributed by atoms with Crippen LogP contribution in [-0.4, -0.2) is 38.8 Å². The number of benzene rings is 1. The minimum Gasteiger partial charge on any atom is -0.355 e. The van der Waals surface area contributed by atoms with Gasteiger partial charge in [0.15, 0.2) is 0 Å². The number of nitrogens with zero attached hydrogens (tertiary/aromatic N) is 1. The Kier molecular flexibility index (Phi) is 4.84. The van der Waals surface area contributed by atoms with Crippen molar-refractivity contribution < 1.29 is 13.2 Å². The van der Waals surface area contributed by atoms with Gasteiger partial charge >= 0.3 is 10.2 Å². The molecule has 116 valence electrons. The highest BCUT2D eigenvalue weighted by Crippen LogP contribution is 2.20. The molecule has 1 amide bonds. The van der Waals surface area contributed by atoms with E-state index in [0.29, 0.717) is 30.3 Å². The van der Waals surface area contributed by atoms with Crippen LogP contribution in [0.2, 0.25) is 0 Å². The first-order chi connectivity index (χ1) is 9.92. The highest BCUT2D eigenvalue weighted by Gasteiger charge is 2.27. The zero-order valence-corrected chi connectivity index (χ0v) is 13.1. The standard InChI is InChI=1S/C14H21N3O3S/c1-11-5-4-8-17(10-11)21(19,20)16-13-7-3-6-12(9-13)14(18)15-2/h3,6-7,9,11,16H,4-5,8,10H2,1-2H3,(H,15,18)/t11-/m0/s1. The van der Waals surface area contributed by atoms with E-state index in [9.17, 15) is 13.2 Å². The Hall–Kier alpha value is -1.60. The monoisotopic (exact) mass is 311 g/mol. The van der Waals surface area contributed by atoms with E-state index in [1.807, 2.05) is 6.92 Å². The number of carbonyl (C=O) groups excluding carboxylic acids is 1. The summed E-state index contributed by atoms with van der Waals surface area (Å²) in [5.74, 6) is 0.121. The van der Waals surface area contributed by atoms with Gasteiger partial charge in [0.1, 0.15) is 0 Å².